The average Bonchev–Trinajstić information content (AvgIpc) is 2.18. The van der Waals surface area contributed by atoms with Crippen LogP contribution in [-0.4, -0.2) is 16.6 Å². The first kappa shape index (κ1) is 10.3. The molecule has 1 aliphatic heterocycles. The smallest absolute Gasteiger partial charge is 0.256 e. The van der Waals surface area contributed by atoms with E-state index < -0.39 is 5.12 Å². The van der Waals surface area contributed by atoms with Crippen molar-refractivity contribution >= 4 is 42.0 Å². The Bertz CT molecular complexity index is 392. The zero-order chi connectivity index (χ0) is 10.7. The number of nitrogens with one attached hydrogen (secondary N) is 3. The number of thiol groups is 1. The molecule has 0 aliphatic carbocycles. The monoisotopic (exact) mass is 238 g/mol. The molecule has 78 valence electrons. The van der Waals surface area contributed by atoms with Gasteiger partial charge in [0.05, 0.1) is 6.34 Å². The number of benzene rings is 1. The van der Waals surface area contributed by atoms with Crippen molar-refractivity contribution in [2.45, 2.75) is 5.12 Å². The lowest BCUT2D eigenvalue weighted by molar-refractivity contribution is 0.645. The summed E-state index contributed by atoms with van der Waals surface area (Å²) in [6, 6.07) is 9.67. The molecule has 0 radical (unpaired) electrons. The fraction of sp³-hybridized carbons (Fsp3) is 0.111. The van der Waals surface area contributed by atoms with Gasteiger partial charge in [0.25, 0.3) is 5.12 Å². The molecular weight excluding hydrogens is 228 g/mol. The van der Waals surface area contributed by atoms with Crippen LogP contribution in [-0.2, 0) is 0 Å². The molecular formula is C9H10N4S2. The summed E-state index contributed by atoms with van der Waals surface area (Å²) in [7, 11) is 0. The summed E-state index contributed by atoms with van der Waals surface area (Å²) in [4.78, 5) is 4.13. The van der Waals surface area contributed by atoms with Gasteiger partial charge in [-0.25, -0.2) is 4.99 Å². The number of hydrogen-bond acceptors (Lipinski definition) is 4. The Balaban J connectivity index is 2.14. The number of rotatable bonds is 2. The van der Waals surface area contributed by atoms with E-state index in [0.717, 1.165) is 5.69 Å². The highest BCUT2D eigenvalue weighted by Crippen LogP contribution is 2.18. The first-order valence-electron chi connectivity index (χ1n) is 4.36. The molecule has 1 aromatic rings. The van der Waals surface area contributed by atoms with Crippen LogP contribution >= 0.6 is 24.8 Å². The zero-order valence-electron chi connectivity index (χ0n) is 7.77. The van der Waals surface area contributed by atoms with Crippen LogP contribution in [0.25, 0.3) is 0 Å². The summed E-state index contributed by atoms with van der Waals surface area (Å²) in [5.74, 6) is 0. The molecule has 1 aliphatic rings. The number of aliphatic imine (C=N–C) groups is 1. The van der Waals surface area contributed by atoms with Gasteiger partial charge < -0.3 is 16.0 Å². The predicted octanol–water partition coefficient (Wildman–Crippen LogP) is 1.15. The molecule has 0 saturated heterocycles. The molecule has 0 aromatic heterocycles. The number of anilines is 1. The first-order valence-corrected chi connectivity index (χ1v) is 5.21. The lowest BCUT2D eigenvalue weighted by Gasteiger charge is -2.31. The maximum atomic E-state index is 4.97. The van der Waals surface area contributed by atoms with Crippen molar-refractivity contribution in [3.8, 4) is 0 Å². The predicted molar refractivity (Wildman–Crippen MR) is 69.1 cm³/mol. The van der Waals surface area contributed by atoms with Gasteiger partial charge in [-0.05, 0) is 24.4 Å². The maximum absolute atomic E-state index is 4.97. The van der Waals surface area contributed by atoms with Crippen molar-refractivity contribution in [2.75, 3.05) is 5.32 Å². The zero-order valence-corrected chi connectivity index (χ0v) is 9.48. The molecule has 0 fully saturated rings. The van der Waals surface area contributed by atoms with Crippen LogP contribution in [0.4, 0.5) is 5.69 Å². The van der Waals surface area contributed by atoms with Gasteiger partial charge in [0.2, 0.25) is 0 Å². The third kappa shape index (κ3) is 2.60. The number of hydrogen-bond donors (Lipinski definition) is 4. The van der Waals surface area contributed by atoms with Gasteiger partial charge >= 0.3 is 0 Å². The summed E-state index contributed by atoms with van der Waals surface area (Å²) in [6.07, 6.45) is 1.52. The normalized spacial score (nSPS) is 24.2. The molecule has 1 unspecified atom stereocenters. The highest BCUT2D eigenvalue weighted by Gasteiger charge is 2.26. The van der Waals surface area contributed by atoms with Gasteiger partial charge in [-0.1, -0.05) is 18.2 Å². The van der Waals surface area contributed by atoms with E-state index in [0.29, 0.717) is 5.11 Å². The van der Waals surface area contributed by atoms with Gasteiger partial charge in [0.15, 0.2) is 5.11 Å². The largest absolute Gasteiger partial charge is 0.335 e. The fourth-order valence-electron chi connectivity index (χ4n) is 1.20. The third-order valence-corrected chi connectivity index (χ3v) is 2.39. The summed E-state index contributed by atoms with van der Waals surface area (Å²) in [5.41, 5.74) is 0.918. The Morgan fingerprint density at radius 2 is 2.07 bits per heavy atom. The molecule has 1 heterocycles. The van der Waals surface area contributed by atoms with E-state index in [4.69, 9.17) is 12.2 Å². The second-order valence-electron chi connectivity index (χ2n) is 3.02. The second kappa shape index (κ2) is 4.08. The van der Waals surface area contributed by atoms with Crippen molar-refractivity contribution in [3.05, 3.63) is 30.3 Å². The topological polar surface area (TPSA) is 48.5 Å². The van der Waals surface area contributed by atoms with Crippen LogP contribution in [0.3, 0.4) is 0 Å². The Labute approximate surface area is 98.6 Å². The summed E-state index contributed by atoms with van der Waals surface area (Å²) in [6.45, 7) is 0. The maximum Gasteiger partial charge on any atom is 0.256 e. The van der Waals surface area contributed by atoms with E-state index in [1.165, 1.54) is 6.34 Å². The van der Waals surface area contributed by atoms with Gasteiger partial charge in [-0.2, -0.15) is 0 Å². The number of nitrogens with zero attached hydrogens (tertiary/aromatic N) is 1. The Morgan fingerprint density at radius 3 is 2.73 bits per heavy atom. The van der Waals surface area contributed by atoms with E-state index in [2.05, 4.69) is 33.6 Å². The van der Waals surface area contributed by atoms with Crippen molar-refractivity contribution < 1.29 is 0 Å². The standard InChI is InChI=1S/C9H10N4S2/c14-8-10-6-11-9(15,13-8)12-7-4-2-1-3-5-7/h1-6,12,15H,(H2,10,11,13,14). The SMILES string of the molecule is S=C1NC=NC(S)(Nc2ccccc2)N1. The Hall–Kier alpha value is -1.27. The molecule has 15 heavy (non-hydrogen) atoms. The van der Waals surface area contributed by atoms with Crippen molar-refractivity contribution in [1.82, 2.24) is 10.6 Å². The van der Waals surface area contributed by atoms with Crippen LogP contribution in [0.15, 0.2) is 35.3 Å². The average molecular weight is 238 g/mol. The number of para-hydroxylation sites is 1. The quantitative estimate of drug-likeness (QED) is 0.355. The lowest BCUT2D eigenvalue weighted by atomic mass is 10.3. The Kier molecular flexibility index (Phi) is 2.79. The van der Waals surface area contributed by atoms with Crippen LogP contribution in [0.2, 0.25) is 0 Å². The van der Waals surface area contributed by atoms with Gasteiger partial charge in [-0.3, -0.25) is 0 Å². The van der Waals surface area contributed by atoms with Gasteiger partial charge in [0, 0.05) is 5.69 Å². The molecule has 0 spiro atoms. The summed E-state index contributed by atoms with van der Waals surface area (Å²) < 4.78 is 0. The molecule has 1 atom stereocenters. The molecule has 1 aromatic carbocycles. The molecule has 0 bridgehead atoms. The Morgan fingerprint density at radius 1 is 1.33 bits per heavy atom. The van der Waals surface area contributed by atoms with E-state index >= 15 is 0 Å². The fourth-order valence-corrected chi connectivity index (χ4v) is 1.77. The minimum atomic E-state index is -0.885. The van der Waals surface area contributed by atoms with Crippen molar-refractivity contribution in [2.24, 2.45) is 4.99 Å². The van der Waals surface area contributed by atoms with Crippen LogP contribution in [0.5, 0.6) is 0 Å². The minimum absolute atomic E-state index is 0.489. The lowest BCUT2D eigenvalue weighted by Crippen LogP contribution is -2.55. The molecule has 0 amide bonds. The van der Waals surface area contributed by atoms with E-state index in [9.17, 15) is 0 Å². The van der Waals surface area contributed by atoms with Gasteiger partial charge in [0.1, 0.15) is 0 Å². The number of thiocarbonyl (C=S) groups is 1. The molecule has 4 nitrogen and oxygen atoms in total. The first-order chi connectivity index (χ1) is 7.18. The minimum Gasteiger partial charge on any atom is -0.335 e. The highest BCUT2D eigenvalue weighted by molar-refractivity contribution is 7.82. The molecule has 0 saturated carbocycles. The molecule has 6 heteroatoms. The third-order valence-electron chi connectivity index (χ3n) is 1.83. The summed E-state index contributed by atoms with van der Waals surface area (Å²) >= 11 is 9.34. The summed E-state index contributed by atoms with van der Waals surface area (Å²) in [5, 5.41) is 8.40. The van der Waals surface area contributed by atoms with Crippen molar-refractivity contribution in [3.63, 3.8) is 0 Å². The van der Waals surface area contributed by atoms with Crippen molar-refractivity contribution in [1.29, 1.82) is 0 Å². The van der Waals surface area contributed by atoms with E-state index in [-0.39, 0.29) is 0 Å². The van der Waals surface area contributed by atoms with Gasteiger partial charge in [-0.15, -0.1) is 12.6 Å². The highest BCUT2D eigenvalue weighted by atomic mass is 32.1. The van der Waals surface area contributed by atoms with Crippen LogP contribution in [0.1, 0.15) is 0 Å². The van der Waals surface area contributed by atoms with Crippen LogP contribution in [0, 0.1) is 0 Å². The molecule has 3 N–H and O–H groups in total. The van der Waals surface area contributed by atoms with E-state index in [1.54, 1.807) is 0 Å². The van der Waals surface area contributed by atoms with E-state index in [1.807, 2.05) is 30.3 Å². The molecule has 2 rings (SSSR count). The second-order valence-corrected chi connectivity index (χ2v) is 4.08. The van der Waals surface area contributed by atoms with Crippen LogP contribution < -0.4 is 16.0 Å².